The van der Waals surface area contributed by atoms with Gasteiger partial charge in [-0.15, -0.1) is 10.2 Å². The molecule has 0 fully saturated rings. The SMILES string of the molecule is Cc1cc(C)cc(CSc2nnc(C)s2)c1. The van der Waals surface area contributed by atoms with Gasteiger partial charge in [0.05, 0.1) is 0 Å². The molecule has 1 aromatic carbocycles. The predicted octanol–water partition coefficient (Wildman–Crippen LogP) is 3.76. The molecule has 0 N–H and O–H groups in total. The molecule has 0 saturated carbocycles. The van der Waals surface area contributed by atoms with E-state index in [0.717, 1.165) is 15.1 Å². The maximum absolute atomic E-state index is 4.11. The Hall–Kier alpha value is -0.870. The number of benzene rings is 1. The topological polar surface area (TPSA) is 25.8 Å². The lowest BCUT2D eigenvalue weighted by molar-refractivity contribution is 0.983. The first-order valence-corrected chi connectivity index (χ1v) is 6.94. The Morgan fingerprint density at radius 1 is 1.06 bits per heavy atom. The Morgan fingerprint density at radius 2 is 1.75 bits per heavy atom. The van der Waals surface area contributed by atoms with Crippen molar-refractivity contribution in [1.82, 2.24) is 10.2 Å². The predicted molar refractivity (Wildman–Crippen MR) is 70.1 cm³/mol. The van der Waals surface area contributed by atoms with Crippen LogP contribution in [0.2, 0.25) is 0 Å². The van der Waals surface area contributed by atoms with E-state index in [4.69, 9.17) is 0 Å². The number of hydrogen-bond acceptors (Lipinski definition) is 4. The molecule has 0 aliphatic rings. The molecular formula is C12H14N2S2. The van der Waals surface area contributed by atoms with Gasteiger partial charge in [0.25, 0.3) is 0 Å². The van der Waals surface area contributed by atoms with Gasteiger partial charge in [0.15, 0.2) is 4.34 Å². The van der Waals surface area contributed by atoms with E-state index < -0.39 is 0 Å². The Kier molecular flexibility index (Phi) is 3.61. The monoisotopic (exact) mass is 250 g/mol. The highest BCUT2D eigenvalue weighted by Gasteiger charge is 2.02. The first-order valence-electron chi connectivity index (χ1n) is 5.13. The highest BCUT2D eigenvalue weighted by Crippen LogP contribution is 2.26. The second-order valence-corrected chi connectivity index (χ2v) is 6.28. The van der Waals surface area contributed by atoms with Crippen molar-refractivity contribution in [3.05, 3.63) is 39.9 Å². The highest BCUT2D eigenvalue weighted by molar-refractivity contribution is 8.00. The minimum absolute atomic E-state index is 0.969. The molecule has 16 heavy (non-hydrogen) atoms. The second-order valence-electron chi connectivity index (χ2n) is 3.87. The normalized spacial score (nSPS) is 10.7. The van der Waals surface area contributed by atoms with E-state index in [2.05, 4.69) is 42.2 Å². The summed E-state index contributed by atoms with van der Waals surface area (Å²) in [6, 6.07) is 6.66. The molecule has 1 heterocycles. The van der Waals surface area contributed by atoms with Crippen LogP contribution in [0.1, 0.15) is 21.7 Å². The van der Waals surface area contributed by atoms with Crippen LogP contribution in [-0.4, -0.2) is 10.2 Å². The molecular weight excluding hydrogens is 236 g/mol. The van der Waals surface area contributed by atoms with E-state index in [1.54, 1.807) is 23.1 Å². The quantitative estimate of drug-likeness (QED) is 0.776. The minimum Gasteiger partial charge on any atom is -0.143 e. The van der Waals surface area contributed by atoms with Gasteiger partial charge >= 0.3 is 0 Å². The van der Waals surface area contributed by atoms with Gasteiger partial charge in [-0.1, -0.05) is 52.4 Å². The van der Waals surface area contributed by atoms with Crippen molar-refractivity contribution in [2.75, 3.05) is 0 Å². The molecule has 0 aliphatic heterocycles. The molecule has 0 unspecified atom stereocenters. The number of rotatable bonds is 3. The van der Waals surface area contributed by atoms with E-state index in [0.29, 0.717) is 0 Å². The fraction of sp³-hybridized carbons (Fsp3) is 0.333. The van der Waals surface area contributed by atoms with Gasteiger partial charge in [-0.05, 0) is 26.3 Å². The molecule has 1 aromatic heterocycles. The molecule has 0 atom stereocenters. The van der Waals surface area contributed by atoms with Gasteiger partial charge in [-0.2, -0.15) is 0 Å². The second kappa shape index (κ2) is 4.97. The summed E-state index contributed by atoms with van der Waals surface area (Å²) < 4.78 is 1.05. The zero-order valence-electron chi connectivity index (χ0n) is 9.65. The molecule has 0 aliphatic carbocycles. The molecule has 0 spiro atoms. The van der Waals surface area contributed by atoms with Gasteiger partial charge in [0.1, 0.15) is 5.01 Å². The summed E-state index contributed by atoms with van der Waals surface area (Å²) in [7, 11) is 0. The molecule has 4 heteroatoms. The van der Waals surface area contributed by atoms with E-state index >= 15 is 0 Å². The van der Waals surface area contributed by atoms with Crippen LogP contribution in [-0.2, 0) is 5.75 Å². The number of hydrogen-bond donors (Lipinski definition) is 0. The summed E-state index contributed by atoms with van der Waals surface area (Å²) in [5.41, 5.74) is 4.00. The third kappa shape index (κ3) is 3.06. The van der Waals surface area contributed by atoms with Gasteiger partial charge in [-0.3, -0.25) is 0 Å². The Labute approximate surface area is 104 Å². The van der Waals surface area contributed by atoms with E-state index in [1.807, 2.05) is 6.92 Å². The highest BCUT2D eigenvalue weighted by atomic mass is 32.2. The number of nitrogens with zero attached hydrogens (tertiary/aromatic N) is 2. The number of aryl methyl sites for hydroxylation is 3. The van der Waals surface area contributed by atoms with Crippen LogP contribution in [0.15, 0.2) is 22.5 Å². The lowest BCUT2D eigenvalue weighted by atomic mass is 10.1. The molecule has 2 aromatic rings. The molecule has 0 radical (unpaired) electrons. The maximum Gasteiger partial charge on any atom is 0.174 e. The molecule has 0 amide bonds. The van der Waals surface area contributed by atoms with Crippen LogP contribution in [0.5, 0.6) is 0 Å². The fourth-order valence-corrected chi connectivity index (χ4v) is 3.38. The van der Waals surface area contributed by atoms with Crippen molar-refractivity contribution >= 4 is 23.1 Å². The summed E-state index contributed by atoms with van der Waals surface area (Å²) >= 11 is 3.41. The van der Waals surface area contributed by atoms with Crippen molar-refractivity contribution in [3.8, 4) is 0 Å². The van der Waals surface area contributed by atoms with Crippen LogP contribution in [0.3, 0.4) is 0 Å². The smallest absolute Gasteiger partial charge is 0.143 e. The standard InChI is InChI=1S/C12H14N2S2/c1-8-4-9(2)6-11(5-8)7-15-12-14-13-10(3)16-12/h4-6H,7H2,1-3H3. The number of thioether (sulfide) groups is 1. The minimum atomic E-state index is 0.969. The lowest BCUT2D eigenvalue weighted by Crippen LogP contribution is -1.85. The third-order valence-electron chi connectivity index (χ3n) is 2.15. The van der Waals surface area contributed by atoms with Gasteiger partial charge in [-0.25, -0.2) is 0 Å². The molecule has 0 saturated heterocycles. The van der Waals surface area contributed by atoms with E-state index in [9.17, 15) is 0 Å². The van der Waals surface area contributed by atoms with E-state index in [1.165, 1.54) is 16.7 Å². The summed E-state index contributed by atoms with van der Waals surface area (Å²) in [6.45, 7) is 6.26. The first kappa shape index (κ1) is 11.6. The Bertz CT molecular complexity index is 471. The van der Waals surface area contributed by atoms with Crippen LogP contribution >= 0.6 is 23.1 Å². The average molecular weight is 250 g/mol. The summed E-state index contributed by atoms with van der Waals surface area (Å²) in [4.78, 5) is 0. The van der Waals surface area contributed by atoms with Crippen LogP contribution < -0.4 is 0 Å². The third-order valence-corrected chi connectivity index (χ3v) is 4.19. The molecule has 0 bridgehead atoms. The van der Waals surface area contributed by atoms with Crippen molar-refractivity contribution in [1.29, 1.82) is 0 Å². The molecule has 2 rings (SSSR count). The summed E-state index contributed by atoms with van der Waals surface area (Å²) in [5, 5.41) is 9.15. The molecule has 84 valence electrons. The van der Waals surface area contributed by atoms with Gasteiger partial charge < -0.3 is 0 Å². The number of aromatic nitrogens is 2. The van der Waals surface area contributed by atoms with Crippen LogP contribution in [0, 0.1) is 20.8 Å². The summed E-state index contributed by atoms with van der Waals surface area (Å²) in [6.07, 6.45) is 0. The summed E-state index contributed by atoms with van der Waals surface area (Å²) in [5.74, 6) is 0.969. The fourth-order valence-electron chi connectivity index (χ4n) is 1.63. The zero-order chi connectivity index (χ0) is 11.5. The largest absolute Gasteiger partial charge is 0.174 e. The Morgan fingerprint density at radius 3 is 2.31 bits per heavy atom. The van der Waals surface area contributed by atoms with Crippen molar-refractivity contribution < 1.29 is 0 Å². The van der Waals surface area contributed by atoms with Crippen LogP contribution in [0.25, 0.3) is 0 Å². The van der Waals surface area contributed by atoms with Crippen molar-refractivity contribution in [2.45, 2.75) is 30.9 Å². The van der Waals surface area contributed by atoms with Crippen molar-refractivity contribution in [2.24, 2.45) is 0 Å². The van der Waals surface area contributed by atoms with E-state index in [-0.39, 0.29) is 0 Å². The molecule has 2 nitrogen and oxygen atoms in total. The average Bonchev–Trinajstić information content (AvgIpc) is 2.60. The lowest BCUT2D eigenvalue weighted by Gasteiger charge is -2.02. The maximum atomic E-state index is 4.11. The zero-order valence-corrected chi connectivity index (χ0v) is 11.3. The first-order chi connectivity index (χ1) is 7.63. The van der Waals surface area contributed by atoms with Gasteiger partial charge in [0, 0.05) is 5.75 Å². The Balaban J connectivity index is 2.04. The van der Waals surface area contributed by atoms with Crippen molar-refractivity contribution in [3.63, 3.8) is 0 Å². The van der Waals surface area contributed by atoms with Gasteiger partial charge in [0.2, 0.25) is 0 Å². The van der Waals surface area contributed by atoms with Crippen LogP contribution in [0.4, 0.5) is 0 Å².